The minimum atomic E-state index is 0.579. The molecule has 0 spiro atoms. The third-order valence-corrected chi connectivity index (χ3v) is 3.44. The second kappa shape index (κ2) is 3.86. The summed E-state index contributed by atoms with van der Waals surface area (Å²) in [6.07, 6.45) is 2.42. The maximum absolute atomic E-state index is 6.14. The van der Waals surface area contributed by atoms with Crippen molar-refractivity contribution in [2.75, 3.05) is 0 Å². The van der Waals surface area contributed by atoms with Crippen molar-refractivity contribution in [3.8, 4) is 11.4 Å². The fraction of sp³-hybridized carbons (Fsp3) is 0.273. The fourth-order valence-electron chi connectivity index (χ4n) is 1.60. The molecule has 1 N–H and O–H groups in total. The number of hydrogen-bond acceptors (Lipinski definition) is 2. The van der Waals surface area contributed by atoms with Crippen LogP contribution in [0.5, 0.6) is 0 Å². The summed E-state index contributed by atoms with van der Waals surface area (Å²) in [6.45, 7) is 0. The lowest BCUT2D eigenvalue weighted by Gasteiger charge is -1.99. The number of halogens is 2. The summed E-state index contributed by atoms with van der Waals surface area (Å²) >= 11 is 9.52. The molecule has 3 rings (SSSR count). The molecule has 0 radical (unpaired) electrons. The lowest BCUT2D eigenvalue weighted by molar-refractivity contribution is 0.935. The first-order chi connectivity index (χ1) is 7.74. The number of aromatic amines is 1. The highest BCUT2D eigenvalue weighted by Crippen LogP contribution is 2.38. The summed E-state index contributed by atoms with van der Waals surface area (Å²) in [5.41, 5.74) is 0.869. The number of nitrogens with one attached hydrogen (secondary N) is 1. The van der Waals surface area contributed by atoms with E-state index in [1.807, 2.05) is 18.2 Å². The summed E-state index contributed by atoms with van der Waals surface area (Å²) in [6, 6.07) is 5.71. The molecule has 5 heteroatoms. The van der Waals surface area contributed by atoms with E-state index in [0.29, 0.717) is 16.8 Å². The molecule has 0 saturated heterocycles. The molecular weight excluding hydrogens is 289 g/mol. The van der Waals surface area contributed by atoms with Crippen LogP contribution in [-0.2, 0) is 0 Å². The number of nitrogens with zero attached hydrogens (tertiary/aromatic N) is 2. The molecule has 2 aromatic rings. The van der Waals surface area contributed by atoms with Crippen molar-refractivity contribution < 1.29 is 0 Å². The van der Waals surface area contributed by atoms with Gasteiger partial charge in [0.25, 0.3) is 0 Å². The number of H-pyrrole nitrogens is 1. The van der Waals surface area contributed by atoms with Gasteiger partial charge in [-0.15, -0.1) is 0 Å². The van der Waals surface area contributed by atoms with Crippen LogP contribution in [0.3, 0.4) is 0 Å². The van der Waals surface area contributed by atoms with E-state index in [1.165, 1.54) is 12.8 Å². The van der Waals surface area contributed by atoms with E-state index in [2.05, 4.69) is 31.1 Å². The molecule has 1 aliphatic rings. The average Bonchev–Trinajstić information content (AvgIpc) is 2.98. The Labute approximate surface area is 106 Å². The quantitative estimate of drug-likeness (QED) is 0.917. The van der Waals surface area contributed by atoms with Crippen molar-refractivity contribution in [2.45, 2.75) is 18.8 Å². The normalized spacial score (nSPS) is 15.4. The Bertz CT molecular complexity index is 534. The second-order valence-electron chi connectivity index (χ2n) is 3.94. The molecule has 1 aromatic heterocycles. The van der Waals surface area contributed by atoms with Crippen LogP contribution in [0.25, 0.3) is 11.4 Å². The third-order valence-electron chi connectivity index (χ3n) is 2.64. The summed E-state index contributed by atoms with van der Waals surface area (Å²) in [5.74, 6) is 2.24. The Morgan fingerprint density at radius 3 is 2.88 bits per heavy atom. The first-order valence-corrected chi connectivity index (χ1v) is 6.29. The van der Waals surface area contributed by atoms with Gasteiger partial charge in [0.15, 0.2) is 5.82 Å². The smallest absolute Gasteiger partial charge is 0.182 e. The van der Waals surface area contributed by atoms with Crippen LogP contribution < -0.4 is 0 Å². The molecule has 0 amide bonds. The lowest BCUT2D eigenvalue weighted by Crippen LogP contribution is -1.83. The zero-order valence-corrected chi connectivity index (χ0v) is 10.7. The Hall–Kier alpha value is -0.870. The van der Waals surface area contributed by atoms with E-state index in [0.717, 1.165) is 15.9 Å². The third kappa shape index (κ3) is 1.87. The summed E-state index contributed by atoms with van der Waals surface area (Å²) in [7, 11) is 0. The van der Waals surface area contributed by atoms with Gasteiger partial charge in [-0.25, -0.2) is 4.98 Å². The van der Waals surface area contributed by atoms with Gasteiger partial charge in [0, 0.05) is 16.0 Å². The molecule has 1 saturated carbocycles. The highest BCUT2D eigenvalue weighted by atomic mass is 79.9. The van der Waals surface area contributed by atoms with Crippen molar-refractivity contribution in [3.05, 3.63) is 33.5 Å². The Kier molecular flexibility index (Phi) is 2.48. The Balaban J connectivity index is 2.00. The average molecular weight is 299 g/mol. The van der Waals surface area contributed by atoms with Crippen molar-refractivity contribution >= 4 is 27.5 Å². The predicted octanol–water partition coefficient (Wildman–Crippen LogP) is 3.77. The van der Waals surface area contributed by atoms with Gasteiger partial charge in [-0.05, 0) is 31.0 Å². The first kappa shape index (κ1) is 10.3. The van der Waals surface area contributed by atoms with Gasteiger partial charge in [-0.2, -0.15) is 5.10 Å². The van der Waals surface area contributed by atoms with Gasteiger partial charge in [-0.1, -0.05) is 27.5 Å². The molecule has 1 heterocycles. The number of rotatable bonds is 2. The van der Waals surface area contributed by atoms with Crippen LogP contribution in [0.15, 0.2) is 22.7 Å². The predicted molar refractivity (Wildman–Crippen MR) is 66.5 cm³/mol. The molecule has 0 unspecified atom stereocenters. The molecule has 1 fully saturated rings. The highest BCUT2D eigenvalue weighted by Gasteiger charge is 2.27. The Morgan fingerprint density at radius 1 is 1.38 bits per heavy atom. The molecule has 16 heavy (non-hydrogen) atoms. The van der Waals surface area contributed by atoms with E-state index in [1.54, 1.807) is 0 Å². The van der Waals surface area contributed by atoms with Gasteiger partial charge in [0.05, 0.1) is 5.02 Å². The number of hydrogen-bond donors (Lipinski definition) is 1. The van der Waals surface area contributed by atoms with Crippen LogP contribution in [-0.4, -0.2) is 15.2 Å². The fourth-order valence-corrected chi connectivity index (χ4v) is 2.36. The van der Waals surface area contributed by atoms with Gasteiger partial charge >= 0.3 is 0 Å². The minimum absolute atomic E-state index is 0.579. The molecular formula is C11H9BrClN3. The monoisotopic (exact) mass is 297 g/mol. The van der Waals surface area contributed by atoms with Crippen molar-refractivity contribution in [1.82, 2.24) is 15.2 Å². The maximum Gasteiger partial charge on any atom is 0.182 e. The van der Waals surface area contributed by atoms with Crippen LogP contribution in [0.1, 0.15) is 24.6 Å². The first-order valence-electron chi connectivity index (χ1n) is 5.12. The van der Waals surface area contributed by atoms with E-state index in [4.69, 9.17) is 11.6 Å². The molecule has 82 valence electrons. The van der Waals surface area contributed by atoms with E-state index in [9.17, 15) is 0 Å². The molecule has 0 aliphatic heterocycles. The Morgan fingerprint density at radius 2 is 2.19 bits per heavy atom. The van der Waals surface area contributed by atoms with E-state index < -0.39 is 0 Å². The highest BCUT2D eigenvalue weighted by molar-refractivity contribution is 9.10. The van der Waals surface area contributed by atoms with Crippen LogP contribution in [0, 0.1) is 0 Å². The lowest BCUT2D eigenvalue weighted by atomic mass is 10.2. The van der Waals surface area contributed by atoms with Crippen molar-refractivity contribution in [3.63, 3.8) is 0 Å². The van der Waals surface area contributed by atoms with Gasteiger partial charge in [0.2, 0.25) is 0 Å². The largest absolute Gasteiger partial charge is 0.262 e. The van der Waals surface area contributed by atoms with Crippen molar-refractivity contribution in [1.29, 1.82) is 0 Å². The van der Waals surface area contributed by atoms with Crippen LogP contribution in [0.2, 0.25) is 5.02 Å². The minimum Gasteiger partial charge on any atom is -0.262 e. The summed E-state index contributed by atoms with van der Waals surface area (Å²) in [5, 5.41) is 7.84. The van der Waals surface area contributed by atoms with Crippen molar-refractivity contribution in [2.24, 2.45) is 0 Å². The topological polar surface area (TPSA) is 41.6 Å². The number of benzene rings is 1. The molecule has 1 aromatic carbocycles. The van der Waals surface area contributed by atoms with E-state index in [-0.39, 0.29) is 0 Å². The number of aromatic nitrogens is 3. The molecule has 1 aliphatic carbocycles. The molecule has 0 atom stereocenters. The van der Waals surface area contributed by atoms with Crippen LogP contribution >= 0.6 is 27.5 Å². The van der Waals surface area contributed by atoms with Gasteiger partial charge in [0.1, 0.15) is 5.82 Å². The SMILES string of the molecule is Clc1cc(Br)ccc1-c1n[nH]c(C2CC2)n1. The summed E-state index contributed by atoms with van der Waals surface area (Å²) in [4.78, 5) is 4.47. The summed E-state index contributed by atoms with van der Waals surface area (Å²) < 4.78 is 0.958. The molecule has 3 nitrogen and oxygen atoms in total. The van der Waals surface area contributed by atoms with Gasteiger partial charge < -0.3 is 0 Å². The second-order valence-corrected chi connectivity index (χ2v) is 5.27. The standard InChI is InChI=1S/C11H9BrClN3/c12-7-3-4-8(9(13)5-7)11-14-10(15-16-11)6-1-2-6/h3-6H,1-2H2,(H,14,15,16). The zero-order chi connectivity index (χ0) is 11.1. The van der Waals surface area contributed by atoms with Gasteiger partial charge in [-0.3, -0.25) is 5.10 Å². The van der Waals surface area contributed by atoms with E-state index >= 15 is 0 Å². The van der Waals surface area contributed by atoms with Crippen LogP contribution in [0.4, 0.5) is 0 Å². The maximum atomic E-state index is 6.14. The zero-order valence-electron chi connectivity index (χ0n) is 8.37. The molecule has 0 bridgehead atoms.